The Kier molecular flexibility index (Phi) is 3.37. The largest absolute Gasteiger partial charge is 0.393 e. The SMILES string of the molecule is C[C@]12CC[C@H](O)CC1=C[C@@H](S)C1C2CC[C@]2(C)C(=O)CCC12. The lowest BCUT2D eigenvalue weighted by atomic mass is 9.48. The second kappa shape index (κ2) is 4.86. The molecule has 3 unspecified atom stereocenters. The van der Waals surface area contributed by atoms with Crippen molar-refractivity contribution in [2.45, 2.75) is 70.1 Å². The number of Topliss-reactive ketones (excluding diaryl/α,β-unsaturated/α-hetero) is 1. The van der Waals surface area contributed by atoms with Crippen molar-refractivity contribution < 1.29 is 9.90 Å². The zero-order valence-electron chi connectivity index (χ0n) is 13.7. The highest BCUT2D eigenvalue weighted by Crippen LogP contribution is 2.64. The van der Waals surface area contributed by atoms with Gasteiger partial charge in [-0.15, -0.1) is 0 Å². The molecule has 0 amide bonds. The molecule has 4 aliphatic carbocycles. The maximum atomic E-state index is 12.4. The van der Waals surface area contributed by atoms with Gasteiger partial charge < -0.3 is 5.11 Å². The number of fused-ring (bicyclic) bond motifs is 5. The minimum absolute atomic E-state index is 0.0853. The van der Waals surface area contributed by atoms with E-state index >= 15 is 0 Å². The van der Waals surface area contributed by atoms with Gasteiger partial charge in [-0.1, -0.05) is 25.5 Å². The molecule has 0 bridgehead atoms. The molecule has 2 nitrogen and oxygen atoms in total. The van der Waals surface area contributed by atoms with Crippen molar-refractivity contribution in [3.05, 3.63) is 11.6 Å². The Labute approximate surface area is 139 Å². The summed E-state index contributed by atoms with van der Waals surface area (Å²) in [7, 11) is 0. The summed E-state index contributed by atoms with van der Waals surface area (Å²) in [5.74, 6) is 2.20. The molecule has 1 N–H and O–H groups in total. The number of ketones is 1. The van der Waals surface area contributed by atoms with E-state index in [1.165, 1.54) is 5.57 Å². The Morgan fingerprint density at radius 2 is 1.82 bits per heavy atom. The quantitative estimate of drug-likeness (QED) is 0.526. The van der Waals surface area contributed by atoms with Gasteiger partial charge in [0.1, 0.15) is 5.78 Å². The van der Waals surface area contributed by atoms with Crippen LogP contribution in [0.1, 0.15) is 58.8 Å². The van der Waals surface area contributed by atoms with Crippen molar-refractivity contribution in [1.29, 1.82) is 0 Å². The summed E-state index contributed by atoms with van der Waals surface area (Å²) in [6.45, 7) is 4.64. The maximum Gasteiger partial charge on any atom is 0.139 e. The van der Waals surface area contributed by atoms with Crippen molar-refractivity contribution >= 4 is 18.4 Å². The van der Waals surface area contributed by atoms with Crippen LogP contribution in [0.3, 0.4) is 0 Å². The van der Waals surface area contributed by atoms with E-state index in [1.54, 1.807) is 0 Å². The highest BCUT2D eigenvalue weighted by Gasteiger charge is 2.60. The topological polar surface area (TPSA) is 37.3 Å². The fourth-order valence-corrected chi connectivity index (χ4v) is 7.00. The second-order valence-corrected chi connectivity index (χ2v) is 9.30. The van der Waals surface area contributed by atoms with Crippen LogP contribution >= 0.6 is 12.6 Å². The average Bonchev–Trinajstić information content (AvgIpc) is 2.77. The Bertz CT molecular complexity index is 542. The van der Waals surface area contributed by atoms with Crippen molar-refractivity contribution in [1.82, 2.24) is 0 Å². The molecular formula is C19H28O2S. The Balaban J connectivity index is 1.75. The predicted molar refractivity (Wildman–Crippen MR) is 90.9 cm³/mol. The van der Waals surface area contributed by atoms with Gasteiger partial charge in [0.05, 0.1) is 6.10 Å². The molecule has 0 aromatic rings. The van der Waals surface area contributed by atoms with Gasteiger partial charge in [0.15, 0.2) is 0 Å². The number of hydrogen-bond acceptors (Lipinski definition) is 3. The summed E-state index contributed by atoms with van der Waals surface area (Å²) in [6, 6.07) is 0. The second-order valence-electron chi connectivity index (χ2n) is 8.70. The lowest BCUT2D eigenvalue weighted by Crippen LogP contribution is -2.53. The summed E-state index contributed by atoms with van der Waals surface area (Å²) < 4.78 is 0. The molecule has 3 saturated carbocycles. The maximum absolute atomic E-state index is 12.4. The monoisotopic (exact) mass is 320 g/mol. The molecule has 22 heavy (non-hydrogen) atoms. The predicted octanol–water partition coefficient (Wildman–Crippen LogP) is 3.79. The first kappa shape index (κ1) is 15.3. The van der Waals surface area contributed by atoms with Crippen LogP contribution < -0.4 is 0 Å². The number of aliphatic hydroxyl groups excluding tert-OH is 1. The van der Waals surface area contributed by atoms with Crippen molar-refractivity contribution in [3.63, 3.8) is 0 Å². The van der Waals surface area contributed by atoms with E-state index in [0.29, 0.717) is 23.5 Å². The third-order valence-corrected chi connectivity index (χ3v) is 8.31. The van der Waals surface area contributed by atoms with Gasteiger partial charge in [0, 0.05) is 17.1 Å². The number of thiol groups is 1. The summed E-state index contributed by atoms with van der Waals surface area (Å²) in [5.41, 5.74) is 1.59. The summed E-state index contributed by atoms with van der Waals surface area (Å²) >= 11 is 4.95. The summed E-state index contributed by atoms with van der Waals surface area (Å²) in [4.78, 5) is 12.4. The van der Waals surface area contributed by atoms with E-state index in [2.05, 4.69) is 19.9 Å². The molecule has 0 radical (unpaired) electrons. The molecule has 4 aliphatic rings. The normalized spacial score (nSPS) is 54.3. The van der Waals surface area contributed by atoms with Crippen LogP contribution in [0.2, 0.25) is 0 Å². The van der Waals surface area contributed by atoms with Crippen LogP contribution in [0.25, 0.3) is 0 Å². The summed E-state index contributed by atoms with van der Waals surface area (Å²) in [5, 5.41) is 10.3. The van der Waals surface area contributed by atoms with Crippen LogP contribution in [0.5, 0.6) is 0 Å². The van der Waals surface area contributed by atoms with Gasteiger partial charge in [-0.05, 0) is 61.7 Å². The minimum Gasteiger partial charge on any atom is -0.393 e. The van der Waals surface area contributed by atoms with Crippen LogP contribution in [-0.2, 0) is 4.79 Å². The van der Waals surface area contributed by atoms with Crippen molar-refractivity contribution in [2.75, 3.05) is 0 Å². The van der Waals surface area contributed by atoms with Crippen LogP contribution in [0, 0.1) is 28.6 Å². The van der Waals surface area contributed by atoms with Crippen LogP contribution in [-0.4, -0.2) is 22.2 Å². The van der Waals surface area contributed by atoms with Crippen molar-refractivity contribution in [2.24, 2.45) is 28.6 Å². The molecule has 0 aromatic carbocycles. The van der Waals surface area contributed by atoms with Gasteiger partial charge in [0.2, 0.25) is 0 Å². The molecule has 3 fully saturated rings. The number of rotatable bonds is 0. The zero-order chi connectivity index (χ0) is 15.7. The van der Waals surface area contributed by atoms with Gasteiger partial charge in [-0.25, -0.2) is 0 Å². The Morgan fingerprint density at radius 1 is 1.14 bits per heavy atom. The van der Waals surface area contributed by atoms with Gasteiger partial charge in [0.25, 0.3) is 0 Å². The molecule has 0 aromatic heterocycles. The fraction of sp³-hybridized carbons (Fsp3) is 0.842. The molecular weight excluding hydrogens is 292 g/mol. The molecule has 7 atom stereocenters. The van der Waals surface area contributed by atoms with E-state index in [1.807, 2.05) is 0 Å². The van der Waals surface area contributed by atoms with Gasteiger partial charge >= 0.3 is 0 Å². The van der Waals surface area contributed by atoms with E-state index in [-0.39, 0.29) is 22.2 Å². The lowest BCUT2D eigenvalue weighted by molar-refractivity contribution is -0.131. The fourth-order valence-electron chi connectivity index (χ4n) is 6.40. The molecule has 0 spiro atoms. The third-order valence-electron chi connectivity index (χ3n) is 7.81. The number of hydrogen-bond donors (Lipinski definition) is 2. The van der Waals surface area contributed by atoms with E-state index < -0.39 is 0 Å². The smallest absolute Gasteiger partial charge is 0.139 e. The number of carbonyl (C=O) groups is 1. The number of carbonyl (C=O) groups excluding carboxylic acids is 1. The first-order valence-electron chi connectivity index (χ1n) is 8.97. The van der Waals surface area contributed by atoms with Gasteiger partial charge in [-0.2, -0.15) is 12.6 Å². The van der Waals surface area contributed by atoms with Crippen LogP contribution in [0.15, 0.2) is 11.6 Å². The Hall–Kier alpha value is -0.280. The molecule has 122 valence electrons. The first-order chi connectivity index (χ1) is 10.4. The van der Waals surface area contributed by atoms with Gasteiger partial charge in [-0.3, -0.25) is 4.79 Å². The highest BCUT2D eigenvalue weighted by atomic mass is 32.1. The highest BCUT2D eigenvalue weighted by molar-refractivity contribution is 7.81. The average molecular weight is 320 g/mol. The third kappa shape index (κ3) is 1.87. The molecule has 0 saturated heterocycles. The first-order valence-corrected chi connectivity index (χ1v) is 9.48. The number of aliphatic hydroxyl groups is 1. The summed E-state index contributed by atoms with van der Waals surface area (Å²) in [6.07, 6.45) is 9.09. The lowest BCUT2D eigenvalue weighted by Gasteiger charge is -2.58. The molecule has 4 rings (SSSR count). The molecule has 0 heterocycles. The van der Waals surface area contributed by atoms with E-state index in [4.69, 9.17) is 12.6 Å². The van der Waals surface area contributed by atoms with E-state index in [0.717, 1.165) is 44.9 Å². The van der Waals surface area contributed by atoms with Crippen LogP contribution in [0.4, 0.5) is 0 Å². The standard InChI is InChI=1S/C19H28O2S/c1-18-7-5-12(20)9-11(18)10-15(22)17-13-3-4-16(21)19(13,2)8-6-14(17)18/h10,12-15,17,20,22H,3-9H2,1-2H3/t12-,13?,14?,15+,17?,18-,19-/m0/s1. The van der Waals surface area contributed by atoms with Crippen molar-refractivity contribution in [3.8, 4) is 0 Å². The minimum atomic E-state index is -0.168. The molecule has 0 aliphatic heterocycles. The van der Waals surface area contributed by atoms with E-state index in [9.17, 15) is 9.90 Å². The molecule has 3 heteroatoms. The Morgan fingerprint density at radius 3 is 2.59 bits per heavy atom. The zero-order valence-corrected chi connectivity index (χ0v) is 14.6.